The highest BCUT2D eigenvalue weighted by molar-refractivity contribution is 5.91. The monoisotopic (exact) mass is 207 g/mol. The molecule has 0 bridgehead atoms. The first-order valence-corrected chi connectivity index (χ1v) is 4.98. The first kappa shape index (κ1) is 11.5. The summed E-state index contributed by atoms with van der Waals surface area (Å²) in [6.07, 6.45) is 5.14. The van der Waals surface area contributed by atoms with E-state index in [1.54, 1.807) is 32.4 Å². The van der Waals surface area contributed by atoms with Crippen LogP contribution in [0.4, 0.5) is 0 Å². The van der Waals surface area contributed by atoms with Gasteiger partial charge in [0.05, 0.1) is 6.20 Å². The Labute approximate surface area is 90.2 Å². The van der Waals surface area contributed by atoms with Gasteiger partial charge in [0.25, 0.3) is 0 Å². The Hall–Kier alpha value is -1.58. The number of hydrogen-bond donors (Lipinski definition) is 0. The van der Waals surface area contributed by atoms with E-state index in [0.717, 1.165) is 17.8 Å². The Balaban J connectivity index is 2.81. The molecule has 0 aliphatic heterocycles. The molecule has 0 radical (unpaired) electrons. The van der Waals surface area contributed by atoms with Gasteiger partial charge in [0.15, 0.2) is 0 Å². The minimum Gasteiger partial charge on any atom is -0.345 e. The van der Waals surface area contributed by atoms with Gasteiger partial charge < -0.3 is 4.90 Å². The Morgan fingerprint density at radius 3 is 2.73 bits per heavy atom. The quantitative estimate of drug-likeness (QED) is 0.701. The van der Waals surface area contributed by atoms with Crippen LogP contribution in [0.2, 0.25) is 0 Å². The zero-order valence-corrected chi connectivity index (χ0v) is 9.69. The predicted octanol–water partition coefficient (Wildman–Crippen LogP) is 1.31. The Morgan fingerprint density at radius 1 is 1.60 bits per heavy atom. The van der Waals surface area contributed by atoms with E-state index >= 15 is 0 Å². The third kappa shape index (κ3) is 2.68. The maximum absolute atomic E-state index is 11.3. The summed E-state index contributed by atoms with van der Waals surface area (Å²) in [5.74, 6) is -0.0151. The molecular formula is C11H17N3O. The van der Waals surface area contributed by atoms with Crippen molar-refractivity contribution in [2.24, 2.45) is 0 Å². The molecule has 0 spiro atoms. The second-order valence-electron chi connectivity index (χ2n) is 3.57. The summed E-state index contributed by atoms with van der Waals surface area (Å²) in [6.45, 7) is 4.88. The first-order valence-electron chi connectivity index (χ1n) is 4.98. The van der Waals surface area contributed by atoms with Crippen molar-refractivity contribution in [3.63, 3.8) is 0 Å². The van der Waals surface area contributed by atoms with E-state index in [9.17, 15) is 4.79 Å². The normalized spacial score (nSPS) is 10.9. The summed E-state index contributed by atoms with van der Waals surface area (Å²) in [5.41, 5.74) is 2.08. The average Bonchev–Trinajstić information content (AvgIpc) is 2.55. The van der Waals surface area contributed by atoms with Crippen LogP contribution in [0.1, 0.15) is 18.2 Å². The molecule has 4 heteroatoms. The molecule has 0 aromatic carbocycles. The third-order valence-electron chi connectivity index (χ3n) is 2.29. The number of aromatic nitrogens is 2. The van der Waals surface area contributed by atoms with E-state index in [-0.39, 0.29) is 5.91 Å². The van der Waals surface area contributed by atoms with Crippen molar-refractivity contribution >= 4 is 12.0 Å². The second-order valence-corrected chi connectivity index (χ2v) is 3.57. The van der Waals surface area contributed by atoms with Crippen molar-refractivity contribution in [1.29, 1.82) is 0 Å². The van der Waals surface area contributed by atoms with E-state index in [2.05, 4.69) is 5.10 Å². The van der Waals surface area contributed by atoms with Crippen molar-refractivity contribution in [3.05, 3.63) is 23.5 Å². The van der Waals surface area contributed by atoms with Gasteiger partial charge in [-0.1, -0.05) is 0 Å². The van der Waals surface area contributed by atoms with Gasteiger partial charge >= 0.3 is 0 Å². The van der Waals surface area contributed by atoms with Gasteiger partial charge in [0.1, 0.15) is 0 Å². The van der Waals surface area contributed by atoms with Crippen molar-refractivity contribution in [3.8, 4) is 0 Å². The first-order chi connectivity index (χ1) is 7.06. The number of carbonyl (C=O) groups is 1. The lowest BCUT2D eigenvalue weighted by Gasteiger charge is -2.05. The molecule has 0 aliphatic rings. The molecule has 0 atom stereocenters. The van der Waals surface area contributed by atoms with Crippen LogP contribution in [0.25, 0.3) is 6.08 Å². The van der Waals surface area contributed by atoms with Crippen molar-refractivity contribution < 1.29 is 4.79 Å². The Morgan fingerprint density at radius 2 is 2.27 bits per heavy atom. The molecule has 0 aliphatic carbocycles. The molecule has 82 valence electrons. The van der Waals surface area contributed by atoms with Crippen LogP contribution in [0.5, 0.6) is 0 Å². The van der Waals surface area contributed by atoms with Crippen molar-refractivity contribution in [1.82, 2.24) is 14.7 Å². The third-order valence-corrected chi connectivity index (χ3v) is 2.29. The summed E-state index contributed by atoms with van der Waals surface area (Å²) in [7, 11) is 3.46. The Kier molecular flexibility index (Phi) is 3.66. The topological polar surface area (TPSA) is 38.1 Å². The van der Waals surface area contributed by atoms with E-state index in [1.807, 2.05) is 18.5 Å². The summed E-state index contributed by atoms with van der Waals surface area (Å²) in [4.78, 5) is 12.9. The molecule has 1 amide bonds. The van der Waals surface area contributed by atoms with Gasteiger partial charge in [-0.2, -0.15) is 5.10 Å². The second kappa shape index (κ2) is 4.77. The minimum atomic E-state index is -0.0151. The van der Waals surface area contributed by atoms with Gasteiger partial charge in [-0.05, 0) is 19.9 Å². The van der Waals surface area contributed by atoms with Crippen molar-refractivity contribution in [2.45, 2.75) is 20.4 Å². The largest absolute Gasteiger partial charge is 0.345 e. The van der Waals surface area contributed by atoms with E-state index < -0.39 is 0 Å². The molecular weight excluding hydrogens is 190 g/mol. The van der Waals surface area contributed by atoms with Gasteiger partial charge in [0, 0.05) is 38.0 Å². The van der Waals surface area contributed by atoms with Gasteiger partial charge in [-0.15, -0.1) is 0 Å². The summed E-state index contributed by atoms with van der Waals surface area (Å²) >= 11 is 0. The fourth-order valence-corrected chi connectivity index (χ4v) is 1.25. The van der Waals surface area contributed by atoms with Crippen LogP contribution in [-0.4, -0.2) is 34.7 Å². The number of likely N-dealkylation sites (N-methyl/N-ethyl adjacent to an activating group) is 1. The van der Waals surface area contributed by atoms with E-state index in [4.69, 9.17) is 0 Å². The summed E-state index contributed by atoms with van der Waals surface area (Å²) < 4.78 is 1.90. The van der Waals surface area contributed by atoms with Gasteiger partial charge in [-0.3, -0.25) is 9.48 Å². The predicted molar refractivity (Wildman–Crippen MR) is 60.4 cm³/mol. The molecule has 0 saturated heterocycles. The average molecular weight is 207 g/mol. The molecule has 4 nitrogen and oxygen atoms in total. The summed E-state index contributed by atoms with van der Waals surface area (Å²) in [6, 6.07) is 0. The fraction of sp³-hybridized carbons (Fsp3) is 0.455. The number of hydrogen-bond acceptors (Lipinski definition) is 2. The molecule has 1 aromatic rings. The SMILES string of the molecule is CCn1ncc(C=CC(=O)N(C)C)c1C. The molecule has 1 rings (SSSR count). The summed E-state index contributed by atoms with van der Waals surface area (Å²) in [5, 5.41) is 4.20. The van der Waals surface area contributed by atoms with E-state index in [0.29, 0.717) is 0 Å². The molecule has 0 N–H and O–H groups in total. The molecule has 1 heterocycles. The molecule has 0 unspecified atom stereocenters. The van der Waals surface area contributed by atoms with Gasteiger partial charge in [0.2, 0.25) is 5.91 Å². The maximum atomic E-state index is 11.3. The number of carbonyl (C=O) groups excluding carboxylic acids is 1. The van der Waals surface area contributed by atoms with Gasteiger partial charge in [-0.25, -0.2) is 0 Å². The zero-order chi connectivity index (χ0) is 11.4. The van der Waals surface area contributed by atoms with E-state index in [1.165, 1.54) is 4.90 Å². The van der Waals surface area contributed by atoms with Crippen LogP contribution in [0, 0.1) is 6.92 Å². The standard InChI is InChI=1S/C11H17N3O/c1-5-14-9(2)10(8-12-14)6-7-11(15)13(3)4/h6-8H,5H2,1-4H3. The number of aryl methyl sites for hydroxylation is 1. The smallest absolute Gasteiger partial charge is 0.246 e. The lowest BCUT2D eigenvalue weighted by Crippen LogP contribution is -2.18. The fourth-order valence-electron chi connectivity index (χ4n) is 1.25. The number of nitrogens with zero attached hydrogens (tertiary/aromatic N) is 3. The van der Waals surface area contributed by atoms with Crippen LogP contribution < -0.4 is 0 Å². The number of rotatable bonds is 3. The minimum absolute atomic E-state index is 0.0151. The van der Waals surface area contributed by atoms with Crippen LogP contribution >= 0.6 is 0 Å². The maximum Gasteiger partial charge on any atom is 0.246 e. The van der Waals surface area contributed by atoms with Crippen LogP contribution in [-0.2, 0) is 11.3 Å². The van der Waals surface area contributed by atoms with Crippen molar-refractivity contribution in [2.75, 3.05) is 14.1 Å². The molecule has 0 fully saturated rings. The highest BCUT2D eigenvalue weighted by Gasteiger charge is 2.02. The van der Waals surface area contributed by atoms with Crippen LogP contribution in [0.15, 0.2) is 12.3 Å². The Bertz CT molecular complexity index is 377. The highest BCUT2D eigenvalue weighted by atomic mass is 16.2. The molecule has 15 heavy (non-hydrogen) atoms. The van der Waals surface area contributed by atoms with Crippen LogP contribution in [0.3, 0.4) is 0 Å². The molecule has 0 saturated carbocycles. The lowest BCUT2D eigenvalue weighted by atomic mass is 10.2. The zero-order valence-electron chi connectivity index (χ0n) is 9.69. The molecule has 1 aromatic heterocycles. The highest BCUT2D eigenvalue weighted by Crippen LogP contribution is 2.08. The lowest BCUT2D eigenvalue weighted by molar-refractivity contribution is -0.123. The number of amides is 1.